The van der Waals surface area contributed by atoms with Crippen molar-refractivity contribution in [3.63, 3.8) is 0 Å². The van der Waals surface area contributed by atoms with E-state index in [-0.39, 0.29) is 0 Å². The Morgan fingerprint density at radius 3 is 2.88 bits per heavy atom. The summed E-state index contributed by atoms with van der Waals surface area (Å²) in [6.45, 7) is 4.26. The Labute approximate surface area is 147 Å². The van der Waals surface area contributed by atoms with Crippen LogP contribution in [-0.4, -0.2) is 40.0 Å². The molecule has 0 spiro atoms. The van der Waals surface area contributed by atoms with Gasteiger partial charge in [0.05, 0.1) is 11.6 Å². The maximum Gasteiger partial charge on any atom is 0.226 e. The fourth-order valence-corrected chi connectivity index (χ4v) is 2.66. The van der Waals surface area contributed by atoms with E-state index >= 15 is 0 Å². The first-order valence-corrected chi connectivity index (χ1v) is 8.39. The van der Waals surface area contributed by atoms with Crippen LogP contribution < -0.4 is 10.6 Å². The summed E-state index contributed by atoms with van der Waals surface area (Å²) in [6, 6.07) is 8.43. The van der Waals surface area contributed by atoms with Crippen molar-refractivity contribution in [3.05, 3.63) is 41.6 Å². The summed E-state index contributed by atoms with van der Waals surface area (Å²) in [5.74, 6) is 1.38. The molecule has 0 fully saturated rings. The van der Waals surface area contributed by atoms with Crippen molar-refractivity contribution in [2.45, 2.75) is 19.9 Å². The van der Waals surface area contributed by atoms with Crippen LogP contribution in [0.4, 0.5) is 11.8 Å². The third-order valence-corrected chi connectivity index (χ3v) is 3.94. The molecule has 0 unspecified atom stereocenters. The zero-order valence-corrected chi connectivity index (χ0v) is 14.9. The molecule has 0 aliphatic rings. The quantitative estimate of drug-likeness (QED) is 0.614. The van der Waals surface area contributed by atoms with Gasteiger partial charge in [-0.2, -0.15) is 15.1 Å². The highest BCUT2D eigenvalue weighted by atomic mass is 16.5. The van der Waals surface area contributed by atoms with Crippen molar-refractivity contribution >= 4 is 22.8 Å². The van der Waals surface area contributed by atoms with Crippen LogP contribution in [0, 0.1) is 6.92 Å². The van der Waals surface area contributed by atoms with Gasteiger partial charge >= 0.3 is 0 Å². The second-order valence-electron chi connectivity index (χ2n) is 6.02. The first-order valence-electron chi connectivity index (χ1n) is 8.39. The van der Waals surface area contributed by atoms with Crippen molar-refractivity contribution in [1.29, 1.82) is 0 Å². The number of ether oxygens (including phenoxy) is 1. The van der Waals surface area contributed by atoms with Crippen LogP contribution in [0.5, 0.6) is 0 Å². The number of nitrogens with one attached hydrogen (secondary N) is 2. The fourth-order valence-electron chi connectivity index (χ4n) is 2.66. The number of rotatable bonds is 8. The summed E-state index contributed by atoms with van der Waals surface area (Å²) in [4.78, 5) is 9.18. The first kappa shape index (κ1) is 17.2. The van der Waals surface area contributed by atoms with Crippen LogP contribution in [0.15, 0.2) is 30.5 Å². The van der Waals surface area contributed by atoms with Crippen molar-refractivity contribution in [2.24, 2.45) is 7.05 Å². The molecule has 1 aromatic carbocycles. The van der Waals surface area contributed by atoms with E-state index in [0.717, 1.165) is 29.8 Å². The van der Waals surface area contributed by atoms with Gasteiger partial charge in [-0.1, -0.05) is 29.8 Å². The molecule has 0 aliphatic heterocycles. The molecule has 7 nitrogen and oxygen atoms in total. The van der Waals surface area contributed by atoms with Crippen LogP contribution in [0.25, 0.3) is 11.0 Å². The molecule has 3 rings (SSSR count). The van der Waals surface area contributed by atoms with E-state index in [4.69, 9.17) is 4.74 Å². The largest absolute Gasteiger partial charge is 0.385 e. The highest BCUT2D eigenvalue weighted by Crippen LogP contribution is 2.22. The maximum absolute atomic E-state index is 5.07. The Morgan fingerprint density at radius 2 is 2.08 bits per heavy atom. The Kier molecular flexibility index (Phi) is 5.45. The highest BCUT2D eigenvalue weighted by molar-refractivity contribution is 5.87. The van der Waals surface area contributed by atoms with E-state index in [2.05, 4.69) is 56.9 Å². The minimum Gasteiger partial charge on any atom is -0.385 e. The number of methoxy groups -OCH3 is 1. The summed E-state index contributed by atoms with van der Waals surface area (Å²) >= 11 is 0. The van der Waals surface area contributed by atoms with Crippen LogP contribution in [0.2, 0.25) is 0 Å². The van der Waals surface area contributed by atoms with E-state index in [9.17, 15) is 0 Å². The molecule has 0 saturated heterocycles. The lowest BCUT2D eigenvalue weighted by molar-refractivity contribution is 0.197. The zero-order valence-electron chi connectivity index (χ0n) is 14.9. The SMILES string of the molecule is COCCCNc1nc(NCc2cccc(C)c2)c2cnn(C)c2n1. The topological polar surface area (TPSA) is 76.9 Å². The third kappa shape index (κ3) is 4.24. The van der Waals surface area contributed by atoms with Gasteiger partial charge in [0.2, 0.25) is 5.95 Å². The predicted octanol–water partition coefficient (Wildman–Crippen LogP) is 2.73. The third-order valence-electron chi connectivity index (χ3n) is 3.94. The molecule has 2 heterocycles. The molecule has 7 heteroatoms. The van der Waals surface area contributed by atoms with Gasteiger partial charge in [0.1, 0.15) is 5.82 Å². The molecule has 0 aliphatic carbocycles. The molecule has 0 bridgehead atoms. The molecule has 3 aromatic rings. The van der Waals surface area contributed by atoms with E-state index in [0.29, 0.717) is 19.1 Å². The Bertz CT molecular complexity index is 845. The minimum atomic E-state index is 0.596. The molecule has 0 saturated carbocycles. The number of nitrogens with zero attached hydrogens (tertiary/aromatic N) is 4. The molecule has 132 valence electrons. The second kappa shape index (κ2) is 7.94. The monoisotopic (exact) mass is 340 g/mol. The van der Waals surface area contributed by atoms with Crippen LogP contribution in [-0.2, 0) is 18.3 Å². The lowest BCUT2D eigenvalue weighted by atomic mass is 10.1. The summed E-state index contributed by atoms with van der Waals surface area (Å²) in [5, 5.41) is 11.9. The highest BCUT2D eigenvalue weighted by Gasteiger charge is 2.11. The zero-order chi connectivity index (χ0) is 17.6. The average Bonchev–Trinajstić information content (AvgIpc) is 2.98. The van der Waals surface area contributed by atoms with Crippen LogP contribution >= 0.6 is 0 Å². The van der Waals surface area contributed by atoms with Gasteiger partial charge in [-0.3, -0.25) is 4.68 Å². The van der Waals surface area contributed by atoms with E-state index in [1.165, 1.54) is 11.1 Å². The fraction of sp³-hybridized carbons (Fsp3) is 0.389. The van der Waals surface area contributed by atoms with Crippen molar-refractivity contribution in [3.8, 4) is 0 Å². The minimum absolute atomic E-state index is 0.596. The van der Waals surface area contributed by atoms with Gasteiger partial charge in [-0.05, 0) is 18.9 Å². The van der Waals surface area contributed by atoms with Crippen molar-refractivity contribution in [1.82, 2.24) is 19.7 Å². The number of anilines is 2. The number of benzene rings is 1. The number of fused-ring (bicyclic) bond motifs is 1. The number of aryl methyl sites for hydroxylation is 2. The van der Waals surface area contributed by atoms with E-state index in [1.54, 1.807) is 18.0 Å². The van der Waals surface area contributed by atoms with Gasteiger partial charge in [-0.15, -0.1) is 0 Å². The number of hydrogen-bond acceptors (Lipinski definition) is 6. The molecule has 2 N–H and O–H groups in total. The normalized spacial score (nSPS) is 11.0. The Balaban J connectivity index is 1.80. The van der Waals surface area contributed by atoms with Crippen LogP contribution in [0.1, 0.15) is 17.5 Å². The lowest BCUT2D eigenvalue weighted by Crippen LogP contribution is -2.10. The van der Waals surface area contributed by atoms with Crippen molar-refractivity contribution in [2.75, 3.05) is 30.9 Å². The van der Waals surface area contributed by atoms with Gasteiger partial charge in [0, 0.05) is 33.9 Å². The summed E-state index contributed by atoms with van der Waals surface area (Å²) in [7, 11) is 3.58. The molecular formula is C18H24N6O. The van der Waals surface area contributed by atoms with E-state index in [1.807, 2.05) is 7.05 Å². The number of hydrogen-bond donors (Lipinski definition) is 2. The van der Waals surface area contributed by atoms with Gasteiger partial charge in [-0.25, -0.2) is 0 Å². The first-order chi connectivity index (χ1) is 12.2. The Morgan fingerprint density at radius 1 is 1.20 bits per heavy atom. The second-order valence-corrected chi connectivity index (χ2v) is 6.02. The van der Waals surface area contributed by atoms with E-state index < -0.39 is 0 Å². The summed E-state index contributed by atoms with van der Waals surface area (Å²) < 4.78 is 6.83. The van der Waals surface area contributed by atoms with Gasteiger partial charge in [0.25, 0.3) is 0 Å². The van der Waals surface area contributed by atoms with Gasteiger partial charge in [0.15, 0.2) is 5.65 Å². The molecule has 0 atom stereocenters. The van der Waals surface area contributed by atoms with Crippen molar-refractivity contribution < 1.29 is 4.74 Å². The molecule has 2 aromatic heterocycles. The van der Waals surface area contributed by atoms with Crippen LogP contribution in [0.3, 0.4) is 0 Å². The molecule has 25 heavy (non-hydrogen) atoms. The molecular weight excluding hydrogens is 316 g/mol. The number of aromatic nitrogens is 4. The standard InChI is InChI=1S/C18H24N6O/c1-13-6-4-7-14(10-13)11-20-16-15-12-21-24(2)17(15)23-18(22-16)19-8-5-9-25-3/h4,6-7,10,12H,5,8-9,11H2,1-3H3,(H2,19,20,22,23). The predicted molar refractivity (Wildman–Crippen MR) is 99.8 cm³/mol. The summed E-state index contributed by atoms with van der Waals surface area (Å²) in [5.41, 5.74) is 3.26. The average molecular weight is 340 g/mol. The van der Waals surface area contributed by atoms with Gasteiger partial charge < -0.3 is 15.4 Å². The molecule has 0 amide bonds. The lowest BCUT2D eigenvalue weighted by Gasteiger charge is -2.10. The smallest absolute Gasteiger partial charge is 0.226 e. The Hall–Kier alpha value is -2.67. The maximum atomic E-state index is 5.07. The molecule has 0 radical (unpaired) electrons. The summed E-state index contributed by atoms with van der Waals surface area (Å²) in [6.07, 6.45) is 2.69.